The highest BCUT2D eigenvalue weighted by molar-refractivity contribution is 5.76. The Bertz CT molecular complexity index is 819. The molecule has 0 bridgehead atoms. The molecule has 2 aromatic rings. The standard InChI is InChI=1S/C22H29FN4O/c23-19-8-3-1-6-17(19)16-26-12-5-13-27(15-14-26)22(28)11-10-21-18-7-2-4-9-20(18)24-25-21/h1,3,6,8H,2,4-5,7,9-16H2,(H,24,25). The van der Waals surface area contributed by atoms with Gasteiger partial charge >= 0.3 is 0 Å². The Morgan fingerprint density at radius 1 is 1.07 bits per heavy atom. The van der Waals surface area contributed by atoms with Gasteiger partial charge in [-0.1, -0.05) is 18.2 Å². The maximum absolute atomic E-state index is 13.9. The highest BCUT2D eigenvalue weighted by atomic mass is 19.1. The molecule has 0 saturated carbocycles. The van der Waals surface area contributed by atoms with Gasteiger partial charge in [0.15, 0.2) is 0 Å². The molecule has 1 saturated heterocycles. The van der Waals surface area contributed by atoms with E-state index in [1.165, 1.54) is 30.2 Å². The number of benzene rings is 1. The molecular formula is C22H29FN4O. The van der Waals surface area contributed by atoms with Gasteiger partial charge in [0.25, 0.3) is 0 Å². The molecule has 2 aliphatic rings. The first kappa shape index (κ1) is 19.1. The van der Waals surface area contributed by atoms with Crippen molar-refractivity contribution < 1.29 is 9.18 Å². The summed E-state index contributed by atoms with van der Waals surface area (Å²) in [6.07, 6.45) is 6.79. The van der Waals surface area contributed by atoms with Crippen LogP contribution >= 0.6 is 0 Å². The second kappa shape index (κ2) is 8.86. The van der Waals surface area contributed by atoms with E-state index in [1.54, 1.807) is 6.07 Å². The summed E-state index contributed by atoms with van der Waals surface area (Å²) in [4.78, 5) is 17.0. The monoisotopic (exact) mass is 384 g/mol. The normalized spacial score (nSPS) is 18.0. The Morgan fingerprint density at radius 3 is 2.82 bits per heavy atom. The van der Waals surface area contributed by atoms with Crippen LogP contribution in [-0.2, 0) is 30.6 Å². The van der Waals surface area contributed by atoms with Gasteiger partial charge in [-0.3, -0.25) is 14.8 Å². The van der Waals surface area contributed by atoms with Crippen molar-refractivity contribution in [2.75, 3.05) is 26.2 Å². The number of nitrogens with one attached hydrogen (secondary N) is 1. The summed E-state index contributed by atoms with van der Waals surface area (Å²) >= 11 is 0. The molecular weight excluding hydrogens is 355 g/mol. The van der Waals surface area contributed by atoms with Gasteiger partial charge in [0.1, 0.15) is 5.82 Å². The minimum absolute atomic E-state index is 0.151. The van der Waals surface area contributed by atoms with Crippen LogP contribution in [-0.4, -0.2) is 52.1 Å². The zero-order valence-electron chi connectivity index (χ0n) is 16.4. The Hall–Kier alpha value is -2.21. The fourth-order valence-corrected chi connectivity index (χ4v) is 4.39. The molecule has 4 rings (SSSR count). The van der Waals surface area contributed by atoms with Crippen LogP contribution in [0.1, 0.15) is 48.2 Å². The van der Waals surface area contributed by atoms with Crippen molar-refractivity contribution in [3.63, 3.8) is 0 Å². The number of H-pyrrole nitrogens is 1. The fraction of sp³-hybridized carbons (Fsp3) is 0.545. The molecule has 2 heterocycles. The number of hydrogen-bond donors (Lipinski definition) is 1. The molecule has 1 amide bonds. The number of carbonyl (C=O) groups excluding carboxylic acids is 1. The maximum atomic E-state index is 13.9. The summed E-state index contributed by atoms with van der Waals surface area (Å²) in [5.74, 6) is 0.0577. The van der Waals surface area contributed by atoms with E-state index in [4.69, 9.17) is 0 Å². The lowest BCUT2D eigenvalue weighted by atomic mass is 9.94. The number of aryl methyl sites for hydroxylation is 2. The second-order valence-corrected chi connectivity index (χ2v) is 7.94. The van der Waals surface area contributed by atoms with Crippen LogP contribution in [0.15, 0.2) is 24.3 Å². The van der Waals surface area contributed by atoms with Gasteiger partial charge in [-0.05, 0) is 43.7 Å². The van der Waals surface area contributed by atoms with Crippen molar-refractivity contribution in [1.82, 2.24) is 20.0 Å². The van der Waals surface area contributed by atoms with Crippen LogP contribution in [0.2, 0.25) is 0 Å². The first-order chi connectivity index (χ1) is 13.7. The number of halogens is 1. The van der Waals surface area contributed by atoms with Crippen molar-refractivity contribution in [3.8, 4) is 0 Å². The van der Waals surface area contributed by atoms with Crippen molar-refractivity contribution in [3.05, 3.63) is 52.6 Å². The van der Waals surface area contributed by atoms with Crippen LogP contribution in [0.5, 0.6) is 0 Å². The zero-order chi connectivity index (χ0) is 19.3. The van der Waals surface area contributed by atoms with E-state index in [1.807, 2.05) is 17.0 Å². The first-order valence-corrected chi connectivity index (χ1v) is 10.5. The van der Waals surface area contributed by atoms with Gasteiger partial charge in [-0.15, -0.1) is 0 Å². The van der Waals surface area contributed by atoms with Crippen LogP contribution in [0.3, 0.4) is 0 Å². The molecule has 1 aromatic heterocycles. The number of fused-ring (bicyclic) bond motifs is 1. The maximum Gasteiger partial charge on any atom is 0.223 e. The molecule has 28 heavy (non-hydrogen) atoms. The molecule has 0 spiro atoms. The lowest BCUT2D eigenvalue weighted by Gasteiger charge is -2.22. The summed E-state index contributed by atoms with van der Waals surface area (Å²) in [6.45, 7) is 3.79. The smallest absolute Gasteiger partial charge is 0.223 e. The molecule has 0 unspecified atom stereocenters. The minimum atomic E-state index is -0.151. The van der Waals surface area contributed by atoms with Crippen LogP contribution in [0.4, 0.5) is 4.39 Å². The number of aromatic amines is 1. The average molecular weight is 384 g/mol. The van der Waals surface area contributed by atoms with E-state index < -0.39 is 0 Å². The number of amides is 1. The predicted molar refractivity (Wildman–Crippen MR) is 106 cm³/mol. The Kier molecular flexibility index (Phi) is 6.05. The molecule has 0 atom stereocenters. The van der Waals surface area contributed by atoms with Gasteiger partial charge in [0.2, 0.25) is 5.91 Å². The lowest BCUT2D eigenvalue weighted by Crippen LogP contribution is -2.35. The van der Waals surface area contributed by atoms with E-state index in [9.17, 15) is 9.18 Å². The van der Waals surface area contributed by atoms with Gasteiger partial charge in [-0.2, -0.15) is 5.10 Å². The van der Waals surface area contributed by atoms with E-state index in [0.717, 1.165) is 56.6 Å². The zero-order valence-corrected chi connectivity index (χ0v) is 16.4. The largest absolute Gasteiger partial charge is 0.341 e. The topological polar surface area (TPSA) is 52.2 Å². The van der Waals surface area contributed by atoms with Gasteiger partial charge in [0, 0.05) is 56.8 Å². The third-order valence-corrected chi connectivity index (χ3v) is 6.01. The Labute approximate surface area is 165 Å². The van der Waals surface area contributed by atoms with E-state index in [2.05, 4.69) is 15.1 Å². The second-order valence-electron chi connectivity index (χ2n) is 7.94. The van der Waals surface area contributed by atoms with Crippen molar-refractivity contribution in [2.24, 2.45) is 0 Å². The van der Waals surface area contributed by atoms with Crippen molar-refractivity contribution in [2.45, 2.75) is 51.5 Å². The predicted octanol–water partition coefficient (Wildman–Crippen LogP) is 3.09. The summed E-state index contributed by atoms with van der Waals surface area (Å²) < 4.78 is 13.9. The van der Waals surface area contributed by atoms with Crippen LogP contribution in [0.25, 0.3) is 0 Å². The molecule has 6 heteroatoms. The number of carbonyl (C=O) groups is 1. The molecule has 1 aliphatic carbocycles. The molecule has 1 fully saturated rings. The van der Waals surface area contributed by atoms with Crippen molar-refractivity contribution >= 4 is 5.91 Å². The summed E-state index contributed by atoms with van der Waals surface area (Å²) in [5.41, 5.74) is 4.43. The number of rotatable bonds is 5. The molecule has 0 radical (unpaired) electrons. The Morgan fingerprint density at radius 2 is 1.93 bits per heavy atom. The lowest BCUT2D eigenvalue weighted by molar-refractivity contribution is -0.131. The average Bonchev–Trinajstić information content (AvgIpc) is 2.98. The molecule has 150 valence electrons. The number of hydrogen-bond acceptors (Lipinski definition) is 3. The molecule has 5 nitrogen and oxygen atoms in total. The summed E-state index contributed by atoms with van der Waals surface area (Å²) in [6, 6.07) is 6.95. The highest BCUT2D eigenvalue weighted by Gasteiger charge is 2.22. The number of aromatic nitrogens is 2. The van der Waals surface area contributed by atoms with E-state index in [-0.39, 0.29) is 11.7 Å². The third kappa shape index (κ3) is 4.43. The van der Waals surface area contributed by atoms with Crippen LogP contribution < -0.4 is 0 Å². The van der Waals surface area contributed by atoms with Crippen LogP contribution in [0, 0.1) is 5.82 Å². The summed E-state index contributed by atoms with van der Waals surface area (Å²) in [5, 5.41) is 7.62. The molecule has 1 N–H and O–H groups in total. The molecule has 1 aromatic carbocycles. The van der Waals surface area contributed by atoms with Gasteiger partial charge in [-0.25, -0.2) is 4.39 Å². The minimum Gasteiger partial charge on any atom is -0.341 e. The van der Waals surface area contributed by atoms with E-state index in [0.29, 0.717) is 19.5 Å². The quantitative estimate of drug-likeness (QED) is 0.862. The third-order valence-electron chi connectivity index (χ3n) is 6.01. The van der Waals surface area contributed by atoms with E-state index >= 15 is 0 Å². The van der Waals surface area contributed by atoms with Gasteiger partial charge in [0.05, 0.1) is 5.69 Å². The number of nitrogens with zero attached hydrogens (tertiary/aromatic N) is 3. The highest BCUT2D eigenvalue weighted by Crippen LogP contribution is 2.23. The Balaban J connectivity index is 1.28. The van der Waals surface area contributed by atoms with Crippen molar-refractivity contribution in [1.29, 1.82) is 0 Å². The van der Waals surface area contributed by atoms with Gasteiger partial charge < -0.3 is 4.90 Å². The summed E-state index contributed by atoms with van der Waals surface area (Å²) in [7, 11) is 0. The first-order valence-electron chi connectivity index (χ1n) is 10.5. The molecule has 1 aliphatic heterocycles. The fourth-order valence-electron chi connectivity index (χ4n) is 4.39. The SMILES string of the molecule is O=C(CCc1n[nH]c2c1CCCC2)N1CCCN(Cc2ccccc2F)CC1.